The third-order valence-corrected chi connectivity index (χ3v) is 0.830. The average molecular weight is 185 g/mol. The zero-order valence-corrected chi connectivity index (χ0v) is 6.42. The first-order chi connectivity index (χ1) is 4.95. The molecule has 0 aliphatic carbocycles. The molecule has 0 aromatic heterocycles. The van der Waals surface area contributed by atoms with Crippen LogP contribution in [0.1, 0.15) is 0 Å². The molecule has 0 radical (unpaired) electrons. The average Bonchev–Trinajstić information content (AvgIpc) is 1.83. The second-order valence-electron chi connectivity index (χ2n) is 1.47. The Morgan fingerprint density at radius 3 is 2.55 bits per heavy atom. The quantitative estimate of drug-likeness (QED) is 0.407. The van der Waals surface area contributed by atoms with Gasteiger partial charge in [0.15, 0.2) is 0 Å². The van der Waals surface area contributed by atoms with Crippen LogP contribution in [-0.2, 0) is 24.2 Å². The molecule has 11 heavy (non-hydrogen) atoms. The second kappa shape index (κ2) is 4.23. The minimum absolute atomic E-state index is 0.352. The van der Waals surface area contributed by atoms with Gasteiger partial charge in [-0.25, -0.2) is 5.48 Å². The van der Waals surface area contributed by atoms with Gasteiger partial charge in [-0.1, -0.05) is 0 Å². The Hall–Kier alpha value is -0.700. The summed E-state index contributed by atoms with van der Waals surface area (Å²) in [5.74, 6) is -0.815. The molecule has 1 amide bonds. The Bertz CT molecular complexity index is 220. The van der Waals surface area contributed by atoms with E-state index in [0.717, 1.165) is 0 Å². The van der Waals surface area contributed by atoms with Crippen molar-refractivity contribution < 1.29 is 26.8 Å². The summed E-state index contributed by atoms with van der Waals surface area (Å²) >= 11 is 0. The highest BCUT2D eigenvalue weighted by Gasteiger charge is 2.07. The van der Waals surface area contributed by atoms with Crippen LogP contribution in [0.4, 0.5) is 0 Å². The number of hydrogen-bond acceptors (Lipinski definition) is 5. The highest BCUT2D eigenvalue weighted by Crippen LogP contribution is 1.79. The van der Waals surface area contributed by atoms with E-state index in [1.54, 1.807) is 0 Å². The van der Waals surface area contributed by atoms with Crippen molar-refractivity contribution >= 4 is 16.3 Å². The van der Waals surface area contributed by atoms with Crippen molar-refractivity contribution in [2.45, 2.75) is 0 Å². The number of rotatable bonds is 4. The molecule has 7 nitrogen and oxygen atoms in total. The fourth-order valence-corrected chi connectivity index (χ4v) is 0.458. The first-order valence-corrected chi connectivity index (χ1v) is 3.76. The summed E-state index contributed by atoms with van der Waals surface area (Å²) in [6.07, 6.45) is 0. The lowest BCUT2D eigenvalue weighted by Crippen LogP contribution is -2.29. The predicted molar refractivity (Wildman–Crippen MR) is 32.7 cm³/mol. The van der Waals surface area contributed by atoms with Gasteiger partial charge in [-0.05, 0) is 0 Å². The second-order valence-corrected chi connectivity index (χ2v) is 2.49. The van der Waals surface area contributed by atoms with Gasteiger partial charge >= 0.3 is 10.4 Å². The van der Waals surface area contributed by atoms with Gasteiger partial charge in [-0.3, -0.25) is 9.35 Å². The van der Waals surface area contributed by atoms with Crippen molar-refractivity contribution in [3.63, 3.8) is 0 Å². The van der Waals surface area contributed by atoms with Crippen LogP contribution < -0.4 is 5.48 Å². The SMILES string of the molecule is COCC(=O)NOS(=O)(=O)O. The molecule has 0 atom stereocenters. The molecule has 8 heteroatoms. The molecule has 0 bridgehead atoms. The molecule has 0 aliphatic heterocycles. The topological polar surface area (TPSA) is 102 Å². The molecule has 0 saturated carbocycles. The molecule has 0 saturated heterocycles. The smallest absolute Gasteiger partial charge is 0.375 e. The van der Waals surface area contributed by atoms with Crippen LogP contribution in [-0.4, -0.2) is 32.6 Å². The molecule has 0 rings (SSSR count). The van der Waals surface area contributed by atoms with Gasteiger partial charge in [-0.15, -0.1) is 4.28 Å². The van der Waals surface area contributed by atoms with Crippen LogP contribution in [0.25, 0.3) is 0 Å². The first-order valence-electron chi connectivity index (χ1n) is 2.39. The summed E-state index contributed by atoms with van der Waals surface area (Å²) in [5.41, 5.74) is 1.42. The van der Waals surface area contributed by atoms with Crippen molar-refractivity contribution in [3.8, 4) is 0 Å². The van der Waals surface area contributed by atoms with Crippen LogP contribution >= 0.6 is 0 Å². The maximum absolute atomic E-state index is 10.4. The standard InChI is InChI=1S/C3H7NO6S/c1-9-2-3(5)4-10-11(6,7)8/h2H2,1H3,(H,4,5)(H,6,7,8). The van der Waals surface area contributed by atoms with E-state index >= 15 is 0 Å². The van der Waals surface area contributed by atoms with E-state index in [9.17, 15) is 13.2 Å². The highest BCUT2D eigenvalue weighted by molar-refractivity contribution is 7.80. The Kier molecular flexibility index (Phi) is 3.97. The van der Waals surface area contributed by atoms with Crippen LogP contribution in [0.15, 0.2) is 0 Å². The van der Waals surface area contributed by atoms with E-state index in [0.29, 0.717) is 0 Å². The zero-order valence-electron chi connectivity index (χ0n) is 5.60. The molecule has 0 fully saturated rings. The van der Waals surface area contributed by atoms with Gasteiger partial charge in [0.25, 0.3) is 5.91 Å². The number of nitrogens with one attached hydrogen (secondary N) is 1. The number of hydrogen-bond donors (Lipinski definition) is 2. The summed E-state index contributed by atoms with van der Waals surface area (Å²) in [5, 5.41) is 0. The number of hydroxylamine groups is 1. The maximum Gasteiger partial charge on any atom is 0.418 e. The van der Waals surface area contributed by atoms with Gasteiger partial charge in [-0.2, -0.15) is 8.42 Å². The lowest BCUT2D eigenvalue weighted by molar-refractivity contribution is -0.131. The molecule has 0 spiro atoms. The van der Waals surface area contributed by atoms with Crippen LogP contribution in [0, 0.1) is 0 Å². The van der Waals surface area contributed by atoms with E-state index in [4.69, 9.17) is 4.55 Å². The van der Waals surface area contributed by atoms with Crippen molar-refractivity contribution in [1.82, 2.24) is 5.48 Å². The molecule has 0 unspecified atom stereocenters. The summed E-state index contributed by atoms with van der Waals surface area (Å²) in [6, 6.07) is 0. The summed E-state index contributed by atoms with van der Waals surface area (Å²) in [7, 11) is -3.38. The van der Waals surface area contributed by atoms with Crippen molar-refractivity contribution in [2.75, 3.05) is 13.7 Å². The summed E-state index contributed by atoms with van der Waals surface area (Å²) in [6.45, 7) is -0.352. The molecule has 0 aromatic carbocycles. The maximum atomic E-state index is 10.4. The van der Waals surface area contributed by atoms with Crippen LogP contribution in [0.3, 0.4) is 0 Å². The van der Waals surface area contributed by atoms with Gasteiger partial charge < -0.3 is 4.74 Å². The molecule has 66 valence electrons. The molecular formula is C3H7NO6S. The fraction of sp³-hybridized carbons (Fsp3) is 0.667. The minimum atomic E-state index is -4.63. The van der Waals surface area contributed by atoms with E-state index in [2.05, 4.69) is 9.02 Å². The van der Waals surface area contributed by atoms with Crippen LogP contribution in [0.2, 0.25) is 0 Å². The Balaban J connectivity index is 3.64. The van der Waals surface area contributed by atoms with E-state index in [-0.39, 0.29) is 6.61 Å². The number of ether oxygens (including phenoxy) is 1. The molecular weight excluding hydrogens is 178 g/mol. The number of amides is 1. The third-order valence-electron chi connectivity index (χ3n) is 0.536. The number of carbonyl (C=O) groups excluding carboxylic acids is 1. The normalized spacial score (nSPS) is 11.1. The third kappa shape index (κ3) is 7.19. The van der Waals surface area contributed by atoms with E-state index < -0.39 is 16.3 Å². The number of methoxy groups -OCH3 is 1. The molecule has 0 aliphatic rings. The van der Waals surface area contributed by atoms with E-state index in [1.807, 2.05) is 0 Å². The molecule has 0 aromatic rings. The molecule has 0 heterocycles. The summed E-state index contributed by atoms with van der Waals surface area (Å²) in [4.78, 5) is 10.4. The largest absolute Gasteiger partial charge is 0.418 e. The zero-order chi connectivity index (χ0) is 8.91. The molecule has 2 N–H and O–H groups in total. The van der Waals surface area contributed by atoms with Crippen molar-refractivity contribution in [1.29, 1.82) is 0 Å². The van der Waals surface area contributed by atoms with Gasteiger partial charge in [0.05, 0.1) is 0 Å². The Morgan fingerprint density at radius 2 is 2.18 bits per heavy atom. The predicted octanol–water partition coefficient (Wildman–Crippen LogP) is -1.52. The van der Waals surface area contributed by atoms with Gasteiger partial charge in [0.1, 0.15) is 6.61 Å². The van der Waals surface area contributed by atoms with Crippen molar-refractivity contribution in [3.05, 3.63) is 0 Å². The Morgan fingerprint density at radius 1 is 1.64 bits per heavy atom. The van der Waals surface area contributed by atoms with Gasteiger partial charge in [0.2, 0.25) is 0 Å². The number of carbonyl (C=O) groups is 1. The fourth-order valence-electron chi connectivity index (χ4n) is 0.260. The summed E-state index contributed by atoms with van der Waals surface area (Å²) < 4.78 is 35.4. The first kappa shape index (κ1) is 10.3. The lowest BCUT2D eigenvalue weighted by Gasteiger charge is -1.99. The van der Waals surface area contributed by atoms with Crippen molar-refractivity contribution in [2.24, 2.45) is 0 Å². The van der Waals surface area contributed by atoms with Crippen LogP contribution in [0.5, 0.6) is 0 Å². The highest BCUT2D eigenvalue weighted by atomic mass is 32.3. The lowest BCUT2D eigenvalue weighted by atomic mass is 10.7. The van der Waals surface area contributed by atoms with E-state index in [1.165, 1.54) is 12.6 Å². The van der Waals surface area contributed by atoms with Gasteiger partial charge in [0, 0.05) is 7.11 Å². The monoisotopic (exact) mass is 185 g/mol. The Labute approximate surface area is 63.2 Å². The minimum Gasteiger partial charge on any atom is -0.375 e.